The molecule has 2 N–H and O–H groups in total. The van der Waals surface area contributed by atoms with E-state index in [9.17, 15) is 4.79 Å². The van der Waals surface area contributed by atoms with Gasteiger partial charge in [0, 0.05) is 28.7 Å². The van der Waals surface area contributed by atoms with E-state index in [0.29, 0.717) is 12.5 Å². The molecule has 0 saturated carbocycles. The molecule has 0 unspecified atom stereocenters. The molecule has 0 spiro atoms. The largest absolute Gasteiger partial charge is 0.497 e. The number of carbonyl (C=O) groups is 1. The number of carbonyl (C=O) groups excluding carboxylic acids is 1. The Morgan fingerprint density at radius 3 is 2.81 bits per heavy atom. The van der Waals surface area contributed by atoms with E-state index >= 15 is 0 Å². The van der Waals surface area contributed by atoms with Crippen molar-refractivity contribution in [3.63, 3.8) is 0 Å². The zero-order valence-electron chi connectivity index (χ0n) is 16.0. The molecule has 0 radical (unpaired) electrons. The van der Waals surface area contributed by atoms with E-state index in [-0.39, 0.29) is 5.91 Å². The Bertz CT molecular complexity index is 956. The van der Waals surface area contributed by atoms with E-state index in [1.54, 1.807) is 7.11 Å². The highest BCUT2D eigenvalue weighted by Gasteiger charge is 2.20. The number of ether oxygens (including phenoxy) is 1. The predicted molar refractivity (Wildman–Crippen MR) is 109 cm³/mol. The molecule has 2 aromatic carbocycles. The first-order valence-electron chi connectivity index (χ1n) is 9.68. The molecule has 0 saturated heterocycles. The summed E-state index contributed by atoms with van der Waals surface area (Å²) < 4.78 is 5.17. The van der Waals surface area contributed by atoms with Gasteiger partial charge in [-0.05, 0) is 73.1 Å². The second-order valence-corrected chi connectivity index (χ2v) is 7.54. The van der Waals surface area contributed by atoms with Crippen molar-refractivity contribution < 1.29 is 9.53 Å². The number of aromatic nitrogens is 1. The van der Waals surface area contributed by atoms with Gasteiger partial charge in [0.05, 0.1) is 7.11 Å². The van der Waals surface area contributed by atoms with E-state index in [4.69, 9.17) is 4.74 Å². The molecule has 0 fully saturated rings. The first kappa shape index (κ1) is 17.7. The summed E-state index contributed by atoms with van der Waals surface area (Å²) in [6.45, 7) is 2.92. The summed E-state index contributed by atoms with van der Waals surface area (Å²) in [6.07, 6.45) is 4.24. The third-order valence-corrected chi connectivity index (χ3v) is 5.55. The van der Waals surface area contributed by atoms with Gasteiger partial charge in [0.1, 0.15) is 5.75 Å². The Balaban J connectivity index is 1.43. The SMILES string of the molecule is COc1ccc(CCNC(=O)c2ccc3[nH]c4c(c3c2)C[C@@H](C)CC4)cc1. The molecular weight excluding hydrogens is 336 g/mol. The summed E-state index contributed by atoms with van der Waals surface area (Å²) in [6, 6.07) is 14.0. The lowest BCUT2D eigenvalue weighted by Crippen LogP contribution is -2.25. The fraction of sp³-hybridized carbons (Fsp3) is 0.348. The van der Waals surface area contributed by atoms with Crippen LogP contribution >= 0.6 is 0 Å². The molecule has 1 aliphatic rings. The summed E-state index contributed by atoms with van der Waals surface area (Å²) in [5.41, 5.74) is 5.80. The summed E-state index contributed by atoms with van der Waals surface area (Å²) in [5, 5.41) is 4.25. The minimum absolute atomic E-state index is 0.00998. The monoisotopic (exact) mass is 362 g/mol. The van der Waals surface area contributed by atoms with Crippen LogP contribution in [-0.4, -0.2) is 24.5 Å². The number of amides is 1. The Kier molecular flexibility index (Phi) is 4.88. The van der Waals surface area contributed by atoms with Crippen molar-refractivity contribution in [1.82, 2.24) is 10.3 Å². The van der Waals surface area contributed by atoms with Gasteiger partial charge in [-0.1, -0.05) is 19.1 Å². The Hall–Kier alpha value is -2.75. The third kappa shape index (κ3) is 3.70. The van der Waals surface area contributed by atoms with Crippen molar-refractivity contribution in [1.29, 1.82) is 0 Å². The second kappa shape index (κ2) is 7.47. The lowest BCUT2D eigenvalue weighted by atomic mass is 9.87. The average Bonchev–Trinajstić information content (AvgIpc) is 3.05. The van der Waals surface area contributed by atoms with Gasteiger partial charge >= 0.3 is 0 Å². The maximum absolute atomic E-state index is 12.6. The van der Waals surface area contributed by atoms with Gasteiger partial charge in [-0.15, -0.1) is 0 Å². The first-order chi connectivity index (χ1) is 13.1. The summed E-state index contributed by atoms with van der Waals surface area (Å²) in [7, 11) is 1.66. The number of benzene rings is 2. The highest BCUT2D eigenvalue weighted by Crippen LogP contribution is 2.32. The van der Waals surface area contributed by atoms with Crippen LogP contribution in [-0.2, 0) is 19.3 Å². The molecule has 1 aromatic heterocycles. The molecule has 3 aromatic rings. The van der Waals surface area contributed by atoms with Crippen molar-refractivity contribution in [2.45, 2.75) is 32.6 Å². The van der Waals surface area contributed by atoms with Crippen molar-refractivity contribution in [3.8, 4) is 5.75 Å². The molecule has 4 nitrogen and oxygen atoms in total. The summed E-state index contributed by atoms with van der Waals surface area (Å²) in [4.78, 5) is 16.1. The van der Waals surface area contributed by atoms with Crippen LogP contribution in [0.5, 0.6) is 5.75 Å². The second-order valence-electron chi connectivity index (χ2n) is 7.54. The van der Waals surface area contributed by atoms with Crippen LogP contribution in [0, 0.1) is 5.92 Å². The van der Waals surface area contributed by atoms with Crippen LogP contribution in [0.4, 0.5) is 0 Å². The Labute approximate surface area is 159 Å². The van der Waals surface area contributed by atoms with E-state index in [0.717, 1.165) is 36.1 Å². The number of fused-ring (bicyclic) bond motifs is 3. The van der Waals surface area contributed by atoms with Gasteiger partial charge in [-0.2, -0.15) is 0 Å². The van der Waals surface area contributed by atoms with Crippen LogP contribution in [0.2, 0.25) is 0 Å². The van der Waals surface area contributed by atoms with E-state index in [2.05, 4.69) is 17.2 Å². The number of aryl methyl sites for hydroxylation is 1. The number of aromatic amines is 1. The summed E-state index contributed by atoms with van der Waals surface area (Å²) >= 11 is 0. The smallest absolute Gasteiger partial charge is 0.251 e. The molecule has 4 heteroatoms. The van der Waals surface area contributed by atoms with Crippen molar-refractivity contribution >= 4 is 16.8 Å². The zero-order valence-corrected chi connectivity index (χ0v) is 16.0. The van der Waals surface area contributed by atoms with Crippen LogP contribution in [0.3, 0.4) is 0 Å². The van der Waals surface area contributed by atoms with Gasteiger partial charge in [-0.25, -0.2) is 0 Å². The molecule has 0 bridgehead atoms. The minimum Gasteiger partial charge on any atom is -0.497 e. The summed E-state index contributed by atoms with van der Waals surface area (Å²) in [5.74, 6) is 1.54. The Morgan fingerprint density at radius 1 is 1.22 bits per heavy atom. The molecule has 1 heterocycles. The topological polar surface area (TPSA) is 54.1 Å². The molecule has 1 atom stereocenters. The van der Waals surface area contributed by atoms with Gasteiger partial charge < -0.3 is 15.0 Å². The minimum atomic E-state index is -0.00998. The Morgan fingerprint density at radius 2 is 2.04 bits per heavy atom. The molecule has 0 aliphatic heterocycles. The fourth-order valence-electron chi connectivity index (χ4n) is 3.95. The number of nitrogens with one attached hydrogen (secondary N) is 2. The van der Waals surface area contributed by atoms with Gasteiger partial charge in [-0.3, -0.25) is 4.79 Å². The van der Waals surface area contributed by atoms with Crippen LogP contribution < -0.4 is 10.1 Å². The standard InChI is InChI=1S/C23H26N2O2/c1-15-3-9-21-19(13-15)20-14-17(6-10-22(20)25-21)23(26)24-12-11-16-4-7-18(27-2)8-5-16/h4-8,10,14-15,25H,3,9,11-13H2,1-2H3,(H,24,26)/t15-/m0/s1. The number of hydrogen-bond donors (Lipinski definition) is 2. The van der Waals surface area contributed by atoms with E-state index in [1.165, 1.54) is 28.6 Å². The molecule has 1 aliphatic carbocycles. The molecule has 4 rings (SSSR count). The molecule has 1 amide bonds. The lowest BCUT2D eigenvalue weighted by Gasteiger charge is -2.18. The van der Waals surface area contributed by atoms with Crippen molar-refractivity contribution in [2.75, 3.05) is 13.7 Å². The first-order valence-corrected chi connectivity index (χ1v) is 9.68. The highest BCUT2D eigenvalue weighted by atomic mass is 16.5. The highest BCUT2D eigenvalue weighted by molar-refractivity contribution is 5.99. The average molecular weight is 362 g/mol. The van der Waals surface area contributed by atoms with Crippen LogP contribution in [0.1, 0.15) is 40.5 Å². The van der Waals surface area contributed by atoms with Gasteiger partial charge in [0.2, 0.25) is 0 Å². The maximum atomic E-state index is 12.6. The van der Waals surface area contributed by atoms with Crippen molar-refractivity contribution in [2.24, 2.45) is 5.92 Å². The molecule has 140 valence electrons. The van der Waals surface area contributed by atoms with Crippen LogP contribution in [0.15, 0.2) is 42.5 Å². The number of methoxy groups -OCH3 is 1. The maximum Gasteiger partial charge on any atom is 0.251 e. The van der Waals surface area contributed by atoms with E-state index < -0.39 is 0 Å². The number of H-pyrrole nitrogens is 1. The number of hydrogen-bond acceptors (Lipinski definition) is 2. The van der Waals surface area contributed by atoms with Gasteiger partial charge in [0.15, 0.2) is 0 Å². The van der Waals surface area contributed by atoms with Crippen LogP contribution in [0.25, 0.3) is 10.9 Å². The lowest BCUT2D eigenvalue weighted by molar-refractivity contribution is 0.0954. The number of rotatable bonds is 5. The quantitative estimate of drug-likeness (QED) is 0.712. The molecule has 27 heavy (non-hydrogen) atoms. The predicted octanol–water partition coefficient (Wildman–Crippen LogP) is 4.27. The van der Waals surface area contributed by atoms with E-state index in [1.807, 2.05) is 42.5 Å². The van der Waals surface area contributed by atoms with Gasteiger partial charge in [0.25, 0.3) is 5.91 Å². The third-order valence-electron chi connectivity index (χ3n) is 5.55. The zero-order chi connectivity index (χ0) is 18.8. The fourth-order valence-corrected chi connectivity index (χ4v) is 3.95. The van der Waals surface area contributed by atoms with Crippen molar-refractivity contribution in [3.05, 3.63) is 64.8 Å². The molecular formula is C23H26N2O2. The normalized spacial score (nSPS) is 16.1.